The van der Waals surface area contributed by atoms with E-state index in [0.717, 1.165) is 46.5 Å². The highest BCUT2D eigenvalue weighted by Gasteiger charge is 2.27. The van der Waals surface area contributed by atoms with E-state index in [4.69, 9.17) is 9.47 Å². The lowest BCUT2D eigenvalue weighted by Gasteiger charge is -2.25. The van der Waals surface area contributed by atoms with Crippen molar-refractivity contribution in [1.29, 1.82) is 0 Å². The smallest absolute Gasteiger partial charge is 0.338 e. The number of carbonyl (C=O) groups is 2. The minimum Gasteiger partial charge on any atom is -0.508 e. The summed E-state index contributed by atoms with van der Waals surface area (Å²) in [5.41, 5.74) is 1.38. The van der Waals surface area contributed by atoms with Crippen molar-refractivity contribution in [3.63, 3.8) is 0 Å². The summed E-state index contributed by atoms with van der Waals surface area (Å²) in [7, 11) is 0. The predicted molar refractivity (Wildman–Crippen MR) is 135 cm³/mol. The molecule has 0 aliphatic carbocycles. The van der Waals surface area contributed by atoms with Crippen molar-refractivity contribution < 1.29 is 24.2 Å². The summed E-state index contributed by atoms with van der Waals surface area (Å²) in [6.07, 6.45) is 1.95. The Balaban J connectivity index is 1.30. The van der Waals surface area contributed by atoms with Gasteiger partial charge in [-0.15, -0.1) is 0 Å². The monoisotopic (exact) mass is 469 g/mol. The number of fused-ring (bicyclic) bond motifs is 2. The maximum Gasteiger partial charge on any atom is 0.338 e. The van der Waals surface area contributed by atoms with Gasteiger partial charge in [0.1, 0.15) is 18.1 Å². The summed E-state index contributed by atoms with van der Waals surface area (Å²) in [4.78, 5) is 26.5. The third-order valence-electron chi connectivity index (χ3n) is 6.62. The number of nitrogens with zero attached hydrogens (tertiary/aromatic N) is 1. The van der Waals surface area contributed by atoms with E-state index in [-0.39, 0.29) is 24.4 Å². The van der Waals surface area contributed by atoms with Gasteiger partial charge in [0.25, 0.3) is 0 Å². The van der Waals surface area contributed by atoms with Gasteiger partial charge in [0.15, 0.2) is 0 Å². The second kappa shape index (κ2) is 9.76. The van der Waals surface area contributed by atoms with Gasteiger partial charge in [0, 0.05) is 25.1 Å². The molecular formula is C29H27NO5. The number of phenols is 1. The molecule has 1 aliphatic heterocycles. The first-order chi connectivity index (χ1) is 17.0. The average Bonchev–Trinajstić information content (AvgIpc) is 3.30. The number of rotatable bonds is 6. The maximum absolute atomic E-state index is 13.0. The van der Waals surface area contributed by atoms with Gasteiger partial charge < -0.3 is 14.6 Å². The van der Waals surface area contributed by atoms with Gasteiger partial charge in [-0.1, -0.05) is 42.5 Å². The van der Waals surface area contributed by atoms with Crippen molar-refractivity contribution in [2.24, 2.45) is 0 Å². The zero-order valence-electron chi connectivity index (χ0n) is 19.6. The standard InChI is InChI=1S/C29H27NO5/c1-19(31)35-23-12-13-25-21(16-23)7-4-10-26(25)29(33)34-18-22-8-5-15-30(22)17-27-24-9-3-2-6-20(24)11-14-28(27)32/h2-4,6-7,9-14,16,22,32H,5,8,15,17-18H2,1H3/t22-/m0/s1. The first kappa shape index (κ1) is 22.9. The molecule has 0 aromatic heterocycles. The van der Waals surface area contributed by atoms with Crippen LogP contribution < -0.4 is 4.74 Å². The molecule has 4 aromatic rings. The van der Waals surface area contributed by atoms with Gasteiger partial charge in [-0.3, -0.25) is 9.69 Å². The molecule has 1 N–H and O–H groups in total. The molecule has 0 saturated carbocycles. The third kappa shape index (κ3) is 4.84. The van der Waals surface area contributed by atoms with Crippen molar-refractivity contribution >= 4 is 33.5 Å². The number of phenolic OH excluding ortho intramolecular Hbond substituents is 1. The fourth-order valence-electron chi connectivity index (χ4n) is 4.90. The number of hydrogen-bond donors (Lipinski definition) is 1. The molecule has 1 saturated heterocycles. The Morgan fingerprint density at radius 1 is 0.971 bits per heavy atom. The molecule has 1 aliphatic rings. The normalized spacial score (nSPS) is 16.0. The third-order valence-corrected chi connectivity index (χ3v) is 6.62. The van der Waals surface area contributed by atoms with Crippen LogP contribution in [0.1, 0.15) is 35.7 Å². The number of aromatic hydroxyl groups is 1. The molecule has 4 aromatic carbocycles. The van der Waals surface area contributed by atoms with E-state index in [1.165, 1.54) is 6.92 Å². The van der Waals surface area contributed by atoms with Gasteiger partial charge in [-0.25, -0.2) is 4.79 Å². The minimum atomic E-state index is -0.391. The van der Waals surface area contributed by atoms with E-state index >= 15 is 0 Å². The van der Waals surface area contributed by atoms with E-state index in [1.807, 2.05) is 36.4 Å². The molecule has 0 amide bonds. The molecule has 1 atom stereocenters. The van der Waals surface area contributed by atoms with E-state index < -0.39 is 5.97 Å². The second-order valence-corrected chi connectivity index (χ2v) is 8.93. The van der Waals surface area contributed by atoms with Gasteiger partial charge in [0.2, 0.25) is 0 Å². The fraction of sp³-hybridized carbons (Fsp3) is 0.241. The Labute approximate surface area is 203 Å². The van der Waals surface area contributed by atoms with Gasteiger partial charge in [-0.05, 0) is 71.3 Å². The van der Waals surface area contributed by atoms with Crippen LogP contribution in [0.2, 0.25) is 0 Å². The molecule has 0 radical (unpaired) electrons. The largest absolute Gasteiger partial charge is 0.508 e. The summed E-state index contributed by atoms with van der Waals surface area (Å²) in [6, 6.07) is 22.4. The number of ether oxygens (including phenoxy) is 2. The summed E-state index contributed by atoms with van der Waals surface area (Å²) in [5, 5.41) is 14.2. The van der Waals surface area contributed by atoms with Crippen LogP contribution >= 0.6 is 0 Å². The Morgan fingerprint density at radius 2 is 1.80 bits per heavy atom. The lowest BCUT2D eigenvalue weighted by molar-refractivity contribution is -0.131. The van der Waals surface area contributed by atoms with Gasteiger partial charge in [-0.2, -0.15) is 0 Å². The Hall–Kier alpha value is -3.90. The van der Waals surface area contributed by atoms with Crippen LogP contribution in [0.3, 0.4) is 0 Å². The Bertz CT molecular complexity index is 1410. The Kier molecular flexibility index (Phi) is 6.38. The first-order valence-corrected chi connectivity index (χ1v) is 11.8. The summed E-state index contributed by atoms with van der Waals surface area (Å²) in [5.74, 6) is -0.0439. The lowest BCUT2D eigenvalue weighted by atomic mass is 10.0. The zero-order chi connectivity index (χ0) is 24.4. The molecule has 0 bridgehead atoms. The number of likely N-dealkylation sites (tertiary alicyclic amines) is 1. The molecule has 6 nitrogen and oxygen atoms in total. The summed E-state index contributed by atoms with van der Waals surface area (Å²) in [6.45, 7) is 3.12. The topological polar surface area (TPSA) is 76.1 Å². The number of hydrogen-bond acceptors (Lipinski definition) is 6. The van der Waals surface area contributed by atoms with Crippen LogP contribution in [0.4, 0.5) is 0 Å². The van der Waals surface area contributed by atoms with E-state index in [2.05, 4.69) is 4.90 Å². The average molecular weight is 470 g/mol. The highest BCUT2D eigenvalue weighted by Crippen LogP contribution is 2.31. The molecule has 1 fully saturated rings. The highest BCUT2D eigenvalue weighted by molar-refractivity contribution is 6.04. The van der Waals surface area contributed by atoms with Crippen molar-refractivity contribution in [2.45, 2.75) is 32.4 Å². The molecule has 6 heteroatoms. The van der Waals surface area contributed by atoms with Crippen LogP contribution in [0.5, 0.6) is 11.5 Å². The van der Waals surface area contributed by atoms with Crippen molar-refractivity contribution in [2.75, 3.05) is 13.2 Å². The van der Waals surface area contributed by atoms with Crippen molar-refractivity contribution in [3.05, 3.63) is 83.9 Å². The zero-order valence-corrected chi connectivity index (χ0v) is 19.6. The molecular weight excluding hydrogens is 442 g/mol. The van der Waals surface area contributed by atoms with Crippen LogP contribution in [0, 0.1) is 0 Å². The quantitative estimate of drug-likeness (QED) is 0.299. The minimum absolute atomic E-state index is 0.0860. The van der Waals surface area contributed by atoms with Crippen molar-refractivity contribution in [3.8, 4) is 11.5 Å². The van der Waals surface area contributed by atoms with E-state index in [1.54, 1.807) is 36.4 Å². The van der Waals surface area contributed by atoms with Crippen LogP contribution in [0.15, 0.2) is 72.8 Å². The molecule has 35 heavy (non-hydrogen) atoms. The number of esters is 2. The van der Waals surface area contributed by atoms with Crippen LogP contribution in [-0.2, 0) is 16.1 Å². The van der Waals surface area contributed by atoms with Crippen LogP contribution in [-0.4, -0.2) is 41.1 Å². The van der Waals surface area contributed by atoms with Crippen LogP contribution in [0.25, 0.3) is 21.5 Å². The predicted octanol–water partition coefficient (Wildman–Crippen LogP) is 5.45. The fourth-order valence-corrected chi connectivity index (χ4v) is 4.90. The molecule has 5 rings (SSSR count). The van der Waals surface area contributed by atoms with Gasteiger partial charge >= 0.3 is 11.9 Å². The molecule has 1 heterocycles. The molecule has 0 spiro atoms. The van der Waals surface area contributed by atoms with E-state index in [9.17, 15) is 14.7 Å². The Morgan fingerprint density at radius 3 is 2.66 bits per heavy atom. The van der Waals surface area contributed by atoms with E-state index in [0.29, 0.717) is 17.9 Å². The summed E-state index contributed by atoms with van der Waals surface area (Å²) < 4.78 is 10.9. The molecule has 0 unspecified atom stereocenters. The lowest BCUT2D eigenvalue weighted by Crippen LogP contribution is -2.33. The number of carbonyl (C=O) groups excluding carboxylic acids is 2. The van der Waals surface area contributed by atoms with Crippen molar-refractivity contribution in [1.82, 2.24) is 4.90 Å². The first-order valence-electron chi connectivity index (χ1n) is 11.8. The summed E-state index contributed by atoms with van der Waals surface area (Å²) >= 11 is 0. The maximum atomic E-state index is 13.0. The van der Waals surface area contributed by atoms with Gasteiger partial charge in [0.05, 0.1) is 5.56 Å². The second-order valence-electron chi connectivity index (χ2n) is 8.93. The SMILES string of the molecule is CC(=O)Oc1ccc2c(C(=O)OC[C@@H]3CCCN3Cc3c(O)ccc4ccccc34)cccc2c1. The number of benzene rings is 4. The molecule has 178 valence electrons. The highest BCUT2D eigenvalue weighted by atomic mass is 16.5.